The van der Waals surface area contributed by atoms with Crippen LogP contribution in [-0.2, 0) is 10.8 Å². The standard InChI is InChI=1S/C17H17F3N4O2S2.H2O/c1-4-28(25)13-5-11(26-10(2)3)7-21-16(13)12-8-24-9-22-15(6-14(24)23-12)27-17(18,19)20;/h5-10H,4H2,1-3H3;1H2. The zero-order valence-corrected chi connectivity index (χ0v) is 17.4. The summed E-state index contributed by atoms with van der Waals surface area (Å²) in [5.74, 6) is 0.867. The molecule has 29 heavy (non-hydrogen) atoms. The van der Waals surface area contributed by atoms with E-state index in [-0.39, 0.29) is 34.0 Å². The summed E-state index contributed by atoms with van der Waals surface area (Å²) in [4.78, 5) is 12.9. The Bertz CT molecular complexity index is 1020. The zero-order valence-electron chi connectivity index (χ0n) is 15.7. The monoisotopic (exact) mass is 448 g/mol. The van der Waals surface area contributed by atoms with Crippen molar-refractivity contribution in [3.63, 3.8) is 0 Å². The highest BCUT2D eigenvalue weighted by Gasteiger charge is 2.30. The summed E-state index contributed by atoms with van der Waals surface area (Å²) in [7, 11) is -1.33. The van der Waals surface area contributed by atoms with E-state index in [2.05, 4.69) is 15.0 Å². The summed E-state index contributed by atoms with van der Waals surface area (Å²) in [6.07, 6.45) is 4.29. The van der Waals surface area contributed by atoms with Crippen LogP contribution in [0.4, 0.5) is 13.2 Å². The van der Waals surface area contributed by atoms with Crippen molar-refractivity contribution in [2.45, 2.75) is 42.3 Å². The van der Waals surface area contributed by atoms with E-state index >= 15 is 0 Å². The second-order valence-corrected chi connectivity index (χ2v) is 8.78. The molecular weight excluding hydrogens is 429 g/mol. The van der Waals surface area contributed by atoms with Gasteiger partial charge in [0.05, 0.1) is 28.0 Å². The predicted molar refractivity (Wildman–Crippen MR) is 104 cm³/mol. The molecule has 3 rings (SSSR count). The number of rotatable bonds is 6. The van der Waals surface area contributed by atoms with E-state index in [0.717, 1.165) is 0 Å². The lowest BCUT2D eigenvalue weighted by atomic mass is 10.3. The second-order valence-electron chi connectivity index (χ2n) is 5.99. The van der Waals surface area contributed by atoms with Crippen LogP contribution in [0.1, 0.15) is 20.8 Å². The average molecular weight is 448 g/mol. The number of aromatic nitrogens is 4. The zero-order chi connectivity index (χ0) is 20.5. The van der Waals surface area contributed by atoms with Crippen LogP contribution in [0.25, 0.3) is 17.0 Å². The lowest BCUT2D eigenvalue weighted by Gasteiger charge is -2.12. The number of thioether (sulfide) groups is 1. The molecule has 158 valence electrons. The first-order chi connectivity index (χ1) is 13.2. The van der Waals surface area contributed by atoms with Gasteiger partial charge >= 0.3 is 5.51 Å². The van der Waals surface area contributed by atoms with E-state index in [1.54, 1.807) is 19.2 Å². The number of ether oxygens (including phenoxy) is 1. The molecule has 0 aliphatic rings. The van der Waals surface area contributed by atoms with Crippen LogP contribution >= 0.6 is 11.8 Å². The minimum absolute atomic E-state index is 0. The number of alkyl halides is 3. The van der Waals surface area contributed by atoms with Crippen LogP contribution in [0.15, 0.2) is 40.8 Å². The van der Waals surface area contributed by atoms with Crippen LogP contribution in [-0.4, -0.2) is 46.4 Å². The minimum Gasteiger partial charge on any atom is -0.489 e. The fraction of sp³-hybridized carbons (Fsp3) is 0.353. The summed E-state index contributed by atoms with van der Waals surface area (Å²) >= 11 is -0.305. The molecule has 0 aromatic carbocycles. The molecule has 3 heterocycles. The molecule has 0 fully saturated rings. The van der Waals surface area contributed by atoms with Gasteiger partial charge in [-0.2, -0.15) is 13.2 Å². The molecule has 12 heteroatoms. The molecule has 0 aliphatic heterocycles. The topological polar surface area (TPSA) is 101 Å². The highest BCUT2D eigenvalue weighted by Crippen LogP contribution is 2.36. The first kappa shape index (κ1) is 23.1. The van der Waals surface area contributed by atoms with Gasteiger partial charge in [0.25, 0.3) is 0 Å². The Labute approximate surface area is 171 Å². The number of nitrogens with zero attached hydrogens (tertiary/aromatic N) is 4. The van der Waals surface area contributed by atoms with Crippen molar-refractivity contribution < 1.29 is 27.6 Å². The van der Waals surface area contributed by atoms with Crippen molar-refractivity contribution in [1.82, 2.24) is 19.4 Å². The number of hydrogen-bond donors (Lipinski definition) is 0. The van der Waals surface area contributed by atoms with E-state index in [1.165, 1.54) is 23.0 Å². The summed E-state index contributed by atoms with van der Waals surface area (Å²) < 4.78 is 57.3. The number of fused-ring (bicyclic) bond motifs is 1. The van der Waals surface area contributed by atoms with Gasteiger partial charge in [0.2, 0.25) is 0 Å². The molecule has 0 saturated heterocycles. The fourth-order valence-electron chi connectivity index (χ4n) is 2.45. The van der Waals surface area contributed by atoms with Gasteiger partial charge in [-0.15, -0.1) is 0 Å². The lowest BCUT2D eigenvalue weighted by molar-refractivity contribution is -0.0329. The highest BCUT2D eigenvalue weighted by atomic mass is 32.2. The fourth-order valence-corrected chi connectivity index (χ4v) is 3.88. The van der Waals surface area contributed by atoms with Gasteiger partial charge in [0.15, 0.2) is 0 Å². The third-order valence-corrected chi connectivity index (χ3v) is 5.48. The number of pyridine rings is 1. The van der Waals surface area contributed by atoms with E-state index < -0.39 is 16.3 Å². The summed E-state index contributed by atoms with van der Waals surface area (Å²) in [5.41, 5.74) is -3.36. The van der Waals surface area contributed by atoms with Crippen molar-refractivity contribution in [3.05, 3.63) is 30.9 Å². The average Bonchev–Trinajstić information content (AvgIpc) is 3.02. The lowest BCUT2D eigenvalue weighted by Crippen LogP contribution is -2.07. The summed E-state index contributed by atoms with van der Waals surface area (Å²) in [5, 5.41) is -0.205. The van der Waals surface area contributed by atoms with Gasteiger partial charge < -0.3 is 10.2 Å². The second kappa shape index (κ2) is 9.09. The minimum atomic E-state index is -4.43. The molecule has 3 aromatic heterocycles. The first-order valence-corrected chi connectivity index (χ1v) is 10.5. The summed E-state index contributed by atoms with van der Waals surface area (Å²) in [6, 6.07) is 2.91. The molecule has 0 aliphatic carbocycles. The van der Waals surface area contributed by atoms with E-state index in [1.807, 2.05) is 13.8 Å². The Morgan fingerprint density at radius 3 is 2.62 bits per heavy atom. The molecular formula is C17H19F3N4O3S2. The van der Waals surface area contributed by atoms with Gasteiger partial charge in [-0.3, -0.25) is 8.61 Å². The van der Waals surface area contributed by atoms with E-state index in [9.17, 15) is 17.4 Å². The number of halogens is 3. The molecule has 0 amide bonds. The molecule has 1 atom stereocenters. The van der Waals surface area contributed by atoms with Crippen LogP contribution < -0.4 is 4.74 Å². The molecule has 7 nitrogen and oxygen atoms in total. The van der Waals surface area contributed by atoms with Gasteiger partial charge in [-0.25, -0.2) is 15.0 Å². The van der Waals surface area contributed by atoms with Crippen molar-refractivity contribution in [2.24, 2.45) is 0 Å². The third-order valence-electron chi connectivity index (χ3n) is 3.49. The summed E-state index contributed by atoms with van der Waals surface area (Å²) in [6.45, 7) is 5.52. The van der Waals surface area contributed by atoms with Gasteiger partial charge in [-0.05, 0) is 13.8 Å². The van der Waals surface area contributed by atoms with Crippen molar-refractivity contribution in [3.8, 4) is 17.1 Å². The molecule has 0 spiro atoms. The van der Waals surface area contributed by atoms with Gasteiger partial charge in [0, 0.05) is 35.8 Å². The first-order valence-electron chi connectivity index (χ1n) is 8.32. The maximum Gasteiger partial charge on any atom is 0.447 e. The van der Waals surface area contributed by atoms with Crippen molar-refractivity contribution in [1.29, 1.82) is 0 Å². The Kier molecular flexibility index (Phi) is 7.25. The molecule has 0 bridgehead atoms. The molecule has 3 aromatic rings. The van der Waals surface area contributed by atoms with Crippen molar-refractivity contribution >= 4 is 28.2 Å². The Hall–Kier alpha value is -2.18. The quantitative estimate of drug-likeness (QED) is 0.423. The Morgan fingerprint density at radius 2 is 2.00 bits per heavy atom. The maximum atomic E-state index is 12.6. The van der Waals surface area contributed by atoms with Crippen LogP contribution in [0.2, 0.25) is 0 Å². The largest absolute Gasteiger partial charge is 0.489 e. The smallest absolute Gasteiger partial charge is 0.447 e. The molecule has 0 radical (unpaired) electrons. The van der Waals surface area contributed by atoms with E-state index in [4.69, 9.17) is 4.74 Å². The van der Waals surface area contributed by atoms with Gasteiger partial charge in [-0.1, -0.05) is 6.92 Å². The number of imidazole rings is 1. The molecule has 0 saturated carbocycles. The van der Waals surface area contributed by atoms with E-state index in [0.29, 0.717) is 27.8 Å². The highest BCUT2D eigenvalue weighted by molar-refractivity contribution is 8.00. The number of hydrogen-bond acceptors (Lipinski definition) is 6. The van der Waals surface area contributed by atoms with Crippen LogP contribution in [0.5, 0.6) is 5.75 Å². The molecule has 1 unspecified atom stereocenters. The van der Waals surface area contributed by atoms with Crippen LogP contribution in [0, 0.1) is 0 Å². The van der Waals surface area contributed by atoms with Crippen molar-refractivity contribution in [2.75, 3.05) is 5.75 Å². The van der Waals surface area contributed by atoms with Gasteiger partial charge in [0.1, 0.15) is 34.1 Å². The van der Waals surface area contributed by atoms with Crippen LogP contribution in [0.3, 0.4) is 0 Å². The SMILES string of the molecule is CCS(=O)c1cc(OC(C)C)cnc1-c1cn2cnc(SC(F)(F)F)cc2n1.O. The normalized spacial score (nSPS) is 12.8. The Balaban J connectivity index is 0.00000300. The molecule has 2 N–H and O–H groups in total. The maximum absolute atomic E-state index is 12.6. The third kappa shape index (κ3) is 5.67. The Morgan fingerprint density at radius 1 is 1.28 bits per heavy atom. The predicted octanol–water partition coefficient (Wildman–Crippen LogP) is 3.49.